The van der Waals surface area contributed by atoms with Crippen molar-refractivity contribution in [3.63, 3.8) is 0 Å². The SMILES string of the molecule is CC(C)NCCC(C)N1CCNCC1. The lowest BCUT2D eigenvalue weighted by Gasteiger charge is -2.33. The van der Waals surface area contributed by atoms with Gasteiger partial charge in [-0.2, -0.15) is 0 Å². The summed E-state index contributed by atoms with van der Waals surface area (Å²) < 4.78 is 0. The van der Waals surface area contributed by atoms with E-state index in [1.54, 1.807) is 0 Å². The zero-order valence-electron chi connectivity index (χ0n) is 9.84. The Hall–Kier alpha value is -0.120. The zero-order valence-corrected chi connectivity index (χ0v) is 9.84. The average Bonchev–Trinajstić information content (AvgIpc) is 2.18. The fraction of sp³-hybridized carbons (Fsp3) is 1.00. The van der Waals surface area contributed by atoms with Crippen molar-refractivity contribution in [2.24, 2.45) is 0 Å². The van der Waals surface area contributed by atoms with Crippen LogP contribution in [0.5, 0.6) is 0 Å². The normalized spacial score (nSPS) is 21.4. The molecule has 1 rings (SSSR count). The van der Waals surface area contributed by atoms with Crippen molar-refractivity contribution in [3.05, 3.63) is 0 Å². The Bertz CT molecular complexity index is 141. The Balaban J connectivity index is 2.10. The van der Waals surface area contributed by atoms with E-state index in [0.717, 1.165) is 25.7 Å². The first-order valence-corrected chi connectivity index (χ1v) is 5.88. The highest BCUT2D eigenvalue weighted by Gasteiger charge is 2.15. The van der Waals surface area contributed by atoms with Gasteiger partial charge >= 0.3 is 0 Å². The van der Waals surface area contributed by atoms with Crippen molar-refractivity contribution >= 4 is 0 Å². The lowest BCUT2D eigenvalue weighted by molar-refractivity contribution is 0.175. The molecule has 0 bridgehead atoms. The van der Waals surface area contributed by atoms with Crippen LogP contribution in [0.2, 0.25) is 0 Å². The van der Waals surface area contributed by atoms with E-state index >= 15 is 0 Å². The molecule has 1 atom stereocenters. The summed E-state index contributed by atoms with van der Waals surface area (Å²) in [7, 11) is 0. The van der Waals surface area contributed by atoms with E-state index in [1.807, 2.05) is 0 Å². The molecule has 1 aliphatic heterocycles. The molecule has 0 amide bonds. The van der Waals surface area contributed by atoms with E-state index in [-0.39, 0.29) is 0 Å². The summed E-state index contributed by atoms with van der Waals surface area (Å²) in [6.07, 6.45) is 1.26. The Morgan fingerprint density at radius 1 is 1.21 bits per heavy atom. The van der Waals surface area contributed by atoms with Crippen LogP contribution in [0.15, 0.2) is 0 Å². The van der Waals surface area contributed by atoms with E-state index in [1.165, 1.54) is 19.5 Å². The van der Waals surface area contributed by atoms with Crippen LogP contribution >= 0.6 is 0 Å². The number of rotatable bonds is 5. The van der Waals surface area contributed by atoms with Gasteiger partial charge in [-0.05, 0) is 19.9 Å². The second-order valence-corrected chi connectivity index (χ2v) is 4.53. The van der Waals surface area contributed by atoms with Crippen molar-refractivity contribution in [2.75, 3.05) is 32.7 Å². The highest BCUT2D eigenvalue weighted by atomic mass is 15.2. The second-order valence-electron chi connectivity index (χ2n) is 4.53. The first-order valence-electron chi connectivity index (χ1n) is 5.88. The predicted octanol–water partition coefficient (Wildman–Crippen LogP) is 0.668. The molecule has 1 unspecified atom stereocenters. The Morgan fingerprint density at radius 2 is 1.86 bits per heavy atom. The molecule has 14 heavy (non-hydrogen) atoms. The third kappa shape index (κ3) is 4.40. The molecule has 1 fully saturated rings. The van der Waals surface area contributed by atoms with Crippen molar-refractivity contribution in [1.29, 1.82) is 0 Å². The largest absolute Gasteiger partial charge is 0.314 e. The molecule has 0 spiro atoms. The molecule has 0 aliphatic carbocycles. The predicted molar refractivity (Wildman–Crippen MR) is 61.7 cm³/mol. The number of hydrogen-bond donors (Lipinski definition) is 2. The van der Waals surface area contributed by atoms with Crippen LogP contribution in [0, 0.1) is 0 Å². The summed E-state index contributed by atoms with van der Waals surface area (Å²) in [6.45, 7) is 12.6. The first kappa shape index (κ1) is 12.0. The van der Waals surface area contributed by atoms with Gasteiger partial charge in [-0.15, -0.1) is 0 Å². The van der Waals surface area contributed by atoms with Crippen LogP contribution in [-0.4, -0.2) is 49.7 Å². The summed E-state index contributed by atoms with van der Waals surface area (Å²) in [6, 6.07) is 1.34. The molecule has 0 saturated carbocycles. The Morgan fingerprint density at radius 3 is 2.43 bits per heavy atom. The second kappa shape index (κ2) is 6.38. The minimum atomic E-state index is 0.616. The number of nitrogens with one attached hydrogen (secondary N) is 2. The summed E-state index contributed by atoms with van der Waals surface area (Å²) in [5.41, 5.74) is 0. The molecule has 1 heterocycles. The topological polar surface area (TPSA) is 27.3 Å². The monoisotopic (exact) mass is 199 g/mol. The fourth-order valence-corrected chi connectivity index (χ4v) is 1.89. The van der Waals surface area contributed by atoms with Crippen LogP contribution in [-0.2, 0) is 0 Å². The molecule has 3 nitrogen and oxygen atoms in total. The van der Waals surface area contributed by atoms with E-state index in [0.29, 0.717) is 6.04 Å². The van der Waals surface area contributed by atoms with Gasteiger partial charge in [0.15, 0.2) is 0 Å². The van der Waals surface area contributed by atoms with E-state index in [9.17, 15) is 0 Å². The van der Waals surface area contributed by atoms with E-state index < -0.39 is 0 Å². The quantitative estimate of drug-likeness (QED) is 0.681. The zero-order chi connectivity index (χ0) is 10.4. The van der Waals surface area contributed by atoms with Gasteiger partial charge in [-0.25, -0.2) is 0 Å². The summed E-state index contributed by atoms with van der Waals surface area (Å²) >= 11 is 0. The van der Waals surface area contributed by atoms with Crippen LogP contribution < -0.4 is 10.6 Å². The maximum absolute atomic E-state index is 3.47. The van der Waals surface area contributed by atoms with Crippen molar-refractivity contribution in [3.8, 4) is 0 Å². The molecule has 1 saturated heterocycles. The van der Waals surface area contributed by atoms with Gasteiger partial charge in [0.1, 0.15) is 0 Å². The molecule has 3 heteroatoms. The van der Waals surface area contributed by atoms with Gasteiger partial charge in [0.05, 0.1) is 0 Å². The third-order valence-electron chi connectivity index (χ3n) is 2.89. The Labute approximate surface area is 88.2 Å². The molecule has 2 N–H and O–H groups in total. The molecule has 0 aromatic heterocycles. The van der Waals surface area contributed by atoms with Crippen molar-refractivity contribution in [1.82, 2.24) is 15.5 Å². The van der Waals surface area contributed by atoms with Crippen molar-refractivity contribution < 1.29 is 0 Å². The number of piperazine rings is 1. The smallest absolute Gasteiger partial charge is 0.0110 e. The van der Waals surface area contributed by atoms with E-state index in [4.69, 9.17) is 0 Å². The Kier molecular flexibility index (Phi) is 5.45. The summed E-state index contributed by atoms with van der Waals surface area (Å²) in [5.74, 6) is 0. The maximum atomic E-state index is 3.47. The third-order valence-corrected chi connectivity index (χ3v) is 2.89. The molecule has 0 aromatic carbocycles. The van der Waals surface area contributed by atoms with Gasteiger partial charge < -0.3 is 10.6 Å². The standard InChI is InChI=1S/C11H25N3/c1-10(2)13-5-4-11(3)14-8-6-12-7-9-14/h10-13H,4-9H2,1-3H3. The molecule has 1 aliphatic rings. The lowest BCUT2D eigenvalue weighted by atomic mass is 10.1. The fourth-order valence-electron chi connectivity index (χ4n) is 1.89. The minimum absolute atomic E-state index is 0.616. The average molecular weight is 199 g/mol. The van der Waals surface area contributed by atoms with Gasteiger partial charge in [0.25, 0.3) is 0 Å². The number of hydrogen-bond acceptors (Lipinski definition) is 3. The highest BCUT2D eigenvalue weighted by Crippen LogP contribution is 2.04. The van der Waals surface area contributed by atoms with Crippen LogP contribution in [0.1, 0.15) is 27.2 Å². The molecular formula is C11H25N3. The molecule has 0 aromatic rings. The highest BCUT2D eigenvalue weighted by molar-refractivity contribution is 4.74. The molecule has 0 radical (unpaired) electrons. The molecular weight excluding hydrogens is 174 g/mol. The van der Waals surface area contributed by atoms with E-state index in [2.05, 4.69) is 36.3 Å². The van der Waals surface area contributed by atoms with Crippen molar-refractivity contribution in [2.45, 2.75) is 39.3 Å². The number of nitrogens with zero attached hydrogens (tertiary/aromatic N) is 1. The van der Waals surface area contributed by atoms with Gasteiger partial charge in [0, 0.05) is 38.3 Å². The van der Waals surface area contributed by atoms with Crippen LogP contribution in [0.4, 0.5) is 0 Å². The lowest BCUT2D eigenvalue weighted by Crippen LogP contribution is -2.48. The van der Waals surface area contributed by atoms with Crippen LogP contribution in [0.25, 0.3) is 0 Å². The minimum Gasteiger partial charge on any atom is -0.314 e. The maximum Gasteiger partial charge on any atom is 0.0110 e. The summed E-state index contributed by atoms with van der Waals surface area (Å²) in [5, 5.41) is 6.86. The van der Waals surface area contributed by atoms with Gasteiger partial charge in [-0.3, -0.25) is 4.90 Å². The van der Waals surface area contributed by atoms with Crippen LogP contribution in [0.3, 0.4) is 0 Å². The van der Waals surface area contributed by atoms with Gasteiger partial charge in [0.2, 0.25) is 0 Å². The first-order chi connectivity index (χ1) is 6.70. The molecule has 84 valence electrons. The van der Waals surface area contributed by atoms with Gasteiger partial charge in [-0.1, -0.05) is 13.8 Å². The summed E-state index contributed by atoms with van der Waals surface area (Å²) in [4.78, 5) is 2.58.